The molecule has 0 fully saturated rings. The number of amidine groups is 1. The van der Waals surface area contributed by atoms with Crippen LogP contribution in [0, 0.1) is 24.1 Å². The number of pyridine rings is 1. The fourth-order valence-electron chi connectivity index (χ4n) is 3.48. The predicted molar refractivity (Wildman–Crippen MR) is 107 cm³/mol. The van der Waals surface area contributed by atoms with E-state index in [1.54, 1.807) is 6.92 Å². The number of amides is 1. The molecule has 1 aromatic carbocycles. The molecule has 0 unspecified atom stereocenters. The summed E-state index contributed by atoms with van der Waals surface area (Å²) in [5, 5.41) is 11.4. The highest BCUT2D eigenvalue weighted by atomic mass is 19.4. The molecule has 1 aliphatic rings. The molecule has 1 aromatic heterocycles. The van der Waals surface area contributed by atoms with Crippen molar-refractivity contribution < 1.29 is 27.1 Å². The summed E-state index contributed by atoms with van der Waals surface area (Å²) in [6.45, 7) is 3.96. The van der Waals surface area contributed by atoms with E-state index in [9.17, 15) is 22.4 Å². The first-order valence-corrected chi connectivity index (χ1v) is 9.42. The van der Waals surface area contributed by atoms with Crippen molar-refractivity contribution in [1.29, 1.82) is 5.26 Å². The number of nitrogens with one attached hydrogen (secondary N) is 1. The van der Waals surface area contributed by atoms with Crippen LogP contribution in [0.4, 0.5) is 23.2 Å². The largest absolute Gasteiger partial charge is 0.417 e. The van der Waals surface area contributed by atoms with E-state index in [2.05, 4.69) is 15.3 Å². The van der Waals surface area contributed by atoms with Gasteiger partial charge >= 0.3 is 6.18 Å². The summed E-state index contributed by atoms with van der Waals surface area (Å²) in [6, 6.07) is 6.54. The van der Waals surface area contributed by atoms with E-state index in [-0.39, 0.29) is 22.8 Å². The van der Waals surface area contributed by atoms with Gasteiger partial charge in [-0.1, -0.05) is 0 Å². The summed E-state index contributed by atoms with van der Waals surface area (Å²) < 4.78 is 61.0. The maximum absolute atomic E-state index is 14.7. The molecule has 0 aliphatic carbocycles. The minimum Gasteiger partial charge on any atom is -0.385 e. The second-order valence-electron chi connectivity index (χ2n) is 7.53. The summed E-state index contributed by atoms with van der Waals surface area (Å²) >= 11 is 0. The van der Waals surface area contributed by atoms with Gasteiger partial charge in [-0.15, -0.1) is 0 Å². The Morgan fingerprint density at radius 2 is 2.03 bits per heavy atom. The average molecular weight is 449 g/mol. The Balaban J connectivity index is 2.01. The van der Waals surface area contributed by atoms with Crippen LogP contribution >= 0.6 is 0 Å². The number of aliphatic imine (C=N–C) groups is 1. The van der Waals surface area contributed by atoms with Gasteiger partial charge in [0.2, 0.25) is 0 Å². The number of nitrogens with two attached hydrogens (primary N) is 1. The van der Waals surface area contributed by atoms with Crippen LogP contribution < -0.4 is 11.1 Å². The Morgan fingerprint density at radius 3 is 2.62 bits per heavy atom. The quantitative estimate of drug-likeness (QED) is 0.696. The molecule has 3 N–H and O–H groups in total. The number of hydrogen-bond donors (Lipinski definition) is 2. The lowest BCUT2D eigenvalue weighted by molar-refractivity contribution is -0.248. The van der Waals surface area contributed by atoms with Crippen LogP contribution in [0.1, 0.15) is 41.0 Å². The van der Waals surface area contributed by atoms with Crippen LogP contribution in [-0.2, 0) is 10.3 Å². The summed E-state index contributed by atoms with van der Waals surface area (Å²) in [5.41, 5.74) is 3.75. The van der Waals surface area contributed by atoms with Gasteiger partial charge in [0.25, 0.3) is 5.91 Å². The molecule has 11 heteroatoms. The van der Waals surface area contributed by atoms with Crippen LogP contribution in [-0.4, -0.2) is 35.1 Å². The number of carbonyl (C=O) groups excluding carboxylic acids is 1. The molecule has 0 saturated carbocycles. The molecule has 32 heavy (non-hydrogen) atoms. The second kappa shape index (κ2) is 8.20. The molecule has 0 saturated heterocycles. The molecule has 2 heterocycles. The van der Waals surface area contributed by atoms with Gasteiger partial charge in [-0.25, -0.2) is 9.37 Å². The lowest BCUT2D eigenvalue weighted by atomic mass is 9.84. The Morgan fingerprint density at radius 1 is 1.34 bits per heavy atom. The van der Waals surface area contributed by atoms with Crippen molar-refractivity contribution in [2.75, 3.05) is 5.32 Å². The van der Waals surface area contributed by atoms with Gasteiger partial charge in [-0.2, -0.15) is 18.4 Å². The summed E-state index contributed by atoms with van der Waals surface area (Å²) in [7, 11) is 0. The third-order valence-electron chi connectivity index (χ3n) is 5.12. The molecule has 7 nitrogen and oxygen atoms in total. The number of hydrogen-bond acceptors (Lipinski definition) is 6. The molecule has 0 radical (unpaired) electrons. The van der Waals surface area contributed by atoms with Crippen molar-refractivity contribution in [1.82, 2.24) is 4.98 Å². The third kappa shape index (κ3) is 4.27. The Bertz CT molecular complexity index is 1140. The van der Waals surface area contributed by atoms with Crippen molar-refractivity contribution in [2.24, 2.45) is 10.7 Å². The SMILES string of the molecule is Cc1cc(C#N)cnc1C(=O)Nc1ccc(F)c([C@@]2(C)N=C(N)[C@@H](C)O[C@H]2C(F)(F)F)c1. The highest BCUT2D eigenvalue weighted by Crippen LogP contribution is 2.44. The van der Waals surface area contributed by atoms with Crippen LogP contribution in [0.15, 0.2) is 35.5 Å². The van der Waals surface area contributed by atoms with Crippen molar-refractivity contribution in [3.8, 4) is 6.07 Å². The van der Waals surface area contributed by atoms with Gasteiger partial charge in [0.1, 0.15) is 35.1 Å². The number of aromatic nitrogens is 1. The summed E-state index contributed by atoms with van der Waals surface area (Å²) in [6.07, 6.45) is -7.21. The highest BCUT2D eigenvalue weighted by molar-refractivity contribution is 6.03. The molecule has 0 bridgehead atoms. The van der Waals surface area contributed by atoms with E-state index in [1.807, 2.05) is 6.07 Å². The zero-order valence-electron chi connectivity index (χ0n) is 17.3. The van der Waals surface area contributed by atoms with Crippen molar-refractivity contribution in [2.45, 2.75) is 44.7 Å². The number of benzene rings is 1. The second-order valence-corrected chi connectivity index (χ2v) is 7.53. The fraction of sp³-hybridized carbons (Fsp3) is 0.333. The minimum absolute atomic E-state index is 0.00587. The zero-order chi connectivity index (χ0) is 23.8. The molecule has 3 rings (SSSR count). The molecule has 2 aromatic rings. The topological polar surface area (TPSA) is 113 Å². The highest BCUT2D eigenvalue weighted by Gasteiger charge is 2.57. The number of anilines is 1. The van der Waals surface area contributed by atoms with Crippen molar-refractivity contribution in [3.05, 3.63) is 58.7 Å². The number of nitriles is 1. The van der Waals surface area contributed by atoms with Crippen LogP contribution in [0.3, 0.4) is 0 Å². The number of aryl methyl sites for hydroxylation is 1. The van der Waals surface area contributed by atoms with E-state index >= 15 is 0 Å². The van der Waals surface area contributed by atoms with Crippen molar-refractivity contribution in [3.63, 3.8) is 0 Å². The lowest BCUT2D eigenvalue weighted by Crippen LogP contribution is -2.55. The predicted octanol–water partition coefficient (Wildman–Crippen LogP) is 3.58. The van der Waals surface area contributed by atoms with E-state index in [0.717, 1.165) is 19.1 Å². The molecule has 1 aliphatic heterocycles. The normalized spacial score (nSPS) is 23.2. The molecule has 0 spiro atoms. The maximum atomic E-state index is 14.7. The maximum Gasteiger partial charge on any atom is 0.417 e. The molecule has 1 amide bonds. The van der Waals surface area contributed by atoms with Crippen molar-refractivity contribution >= 4 is 17.4 Å². The Kier molecular flexibility index (Phi) is 5.93. The van der Waals surface area contributed by atoms with Gasteiger partial charge in [-0.3, -0.25) is 9.79 Å². The molecular formula is C21H19F4N5O2. The van der Waals surface area contributed by atoms with Gasteiger partial charge in [0.15, 0.2) is 6.10 Å². The van der Waals surface area contributed by atoms with Gasteiger partial charge in [0.05, 0.1) is 5.56 Å². The monoisotopic (exact) mass is 449 g/mol. The zero-order valence-corrected chi connectivity index (χ0v) is 17.3. The number of rotatable bonds is 3. The number of carbonyl (C=O) groups is 1. The van der Waals surface area contributed by atoms with Crippen LogP contribution in [0.5, 0.6) is 0 Å². The third-order valence-corrected chi connectivity index (χ3v) is 5.12. The number of ether oxygens (including phenoxy) is 1. The average Bonchev–Trinajstić information content (AvgIpc) is 2.71. The minimum atomic E-state index is -4.86. The van der Waals surface area contributed by atoms with Gasteiger partial charge in [-0.05, 0) is 50.6 Å². The lowest BCUT2D eigenvalue weighted by Gasteiger charge is -2.41. The van der Waals surface area contributed by atoms with Gasteiger partial charge < -0.3 is 15.8 Å². The first-order chi connectivity index (χ1) is 14.9. The molecule has 3 atom stereocenters. The molecular weight excluding hydrogens is 430 g/mol. The summed E-state index contributed by atoms with van der Waals surface area (Å²) in [4.78, 5) is 20.5. The van der Waals surface area contributed by atoms with Crippen LogP contribution in [0.2, 0.25) is 0 Å². The standard InChI is InChI=1S/C21H19F4N5O2/c1-10-6-12(8-26)9-28-16(10)18(31)29-13-4-5-15(22)14(7-13)20(3)19(21(23,24)25)32-11(2)17(27)30-20/h4-7,9,11,19H,1-3H3,(H2,27,30)(H,29,31)/t11-,19-,20-/m1/s1. The number of alkyl halides is 3. The van der Waals surface area contributed by atoms with E-state index < -0.39 is 41.2 Å². The van der Waals surface area contributed by atoms with E-state index in [0.29, 0.717) is 5.56 Å². The number of nitrogens with zero attached hydrogens (tertiary/aromatic N) is 3. The smallest absolute Gasteiger partial charge is 0.385 e. The first-order valence-electron chi connectivity index (χ1n) is 9.42. The number of halogens is 4. The molecule has 168 valence electrons. The fourth-order valence-corrected chi connectivity index (χ4v) is 3.48. The first kappa shape index (κ1) is 23.1. The van der Waals surface area contributed by atoms with Gasteiger partial charge in [0, 0.05) is 17.4 Å². The summed E-state index contributed by atoms with van der Waals surface area (Å²) in [5.74, 6) is -1.86. The Hall–Kier alpha value is -3.52. The van der Waals surface area contributed by atoms with E-state index in [4.69, 9.17) is 15.7 Å². The van der Waals surface area contributed by atoms with Crippen LogP contribution in [0.25, 0.3) is 0 Å². The Labute approximate surface area is 180 Å². The van der Waals surface area contributed by atoms with E-state index in [1.165, 1.54) is 25.3 Å².